The Balaban J connectivity index is 2.15. The number of rotatable bonds is 4. The Labute approximate surface area is 143 Å². The zero-order valence-electron chi connectivity index (χ0n) is 12.9. The summed E-state index contributed by atoms with van der Waals surface area (Å²) in [6.45, 7) is 0. The van der Waals surface area contributed by atoms with Crippen molar-refractivity contribution < 1.29 is 4.79 Å². The number of hydrazone groups is 2. The van der Waals surface area contributed by atoms with Crippen LogP contribution in [0, 0.1) is 34.0 Å². The molecule has 1 amide bonds. The van der Waals surface area contributed by atoms with Crippen molar-refractivity contribution in [2.45, 2.75) is 12.8 Å². The van der Waals surface area contributed by atoms with Crippen LogP contribution in [0.2, 0.25) is 0 Å². The van der Waals surface area contributed by atoms with Crippen LogP contribution in [-0.2, 0) is 4.79 Å². The molecule has 1 aromatic rings. The summed E-state index contributed by atoms with van der Waals surface area (Å²) in [5.41, 5.74) is 11.9. The maximum absolute atomic E-state index is 11.1. The first kappa shape index (κ1) is 17.2. The summed E-state index contributed by atoms with van der Waals surface area (Å²) < 4.78 is 0. The maximum Gasteiger partial charge on any atom is 0.240 e. The van der Waals surface area contributed by atoms with Gasteiger partial charge in [-0.05, 0) is 17.7 Å². The van der Waals surface area contributed by atoms with E-state index in [-0.39, 0.29) is 22.9 Å². The van der Waals surface area contributed by atoms with Crippen LogP contribution in [-0.4, -0.2) is 17.3 Å². The third-order valence-corrected chi connectivity index (χ3v) is 3.27. The van der Waals surface area contributed by atoms with Gasteiger partial charge in [-0.3, -0.25) is 10.2 Å². The van der Waals surface area contributed by atoms with Crippen LogP contribution >= 0.6 is 0 Å². The van der Waals surface area contributed by atoms with Crippen molar-refractivity contribution in [2.24, 2.45) is 15.9 Å². The van der Waals surface area contributed by atoms with Gasteiger partial charge in [0.15, 0.2) is 11.3 Å². The summed E-state index contributed by atoms with van der Waals surface area (Å²) in [6.07, 6.45) is 0.947. The van der Waals surface area contributed by atoms with Gasteiger partial charge in [0.2, 0.25) is 5.91 Å². The van der Waals surface area contributed by atoms with Gasteiger partial charge in [-0.15, -0.1) is 0 Å². The third-order valence-electron chi connectivity index (χ3n) is 3.27. The minimum atomic E-state index is -0.380. The molecule has 0 saturated heterocycles. The number of carbonyl (C=O) groups excluding carboxylic acids is 1. The number of amides is 1. The fraction of sp³-hybridized carbons (Fsp3) is 0.125. The van der Waals surface area contributed by atoms with Gasteiger partial charge >= 0.3 is 0 Å². The van der Waals surface area contributed by atoms with E-state index in [0.717, 1.165) is 11.3 Å². The molecule has 9 heteroatoms. The fourth-order valence-corrected chi connectivity index (χ4v) is 1.95. The number of nitrogens with zero attached hydrogens (tertiary/aromatic N) is 5. The number of hydrogen-bond donors (Lipinski definition) is 3. The van der Waals surface area contributed by atoms with Crippen molar-refractivity contribution in [3.05, 3.63) is 41.1 Å². The number of nitriles is 3. The van der Waals surface area contributed by atoms with E-state index in [2.05, 4.69) is 21.1 Å². The van der Waals surface area contributed by atoms with Crippen LogP contribution in [0.5, 0.6) is 0 Å². The predicted octanol–water partition coefficient (Wildman–Crippen LogP) is 0.852. The molecule has 0 radical (unpaired) electrons. The lowest BCUT2D eigenvalue weighted by atomic mass is 10.0. The van der Waals surface area contributed by atoms with Crippen LogP contribution in [0.15, 0.2) is 45.7 Å². The molecule has 0 aromatic heterocycles. The second-order valence-electron chi connectivity index (χ2n) is 4.87. The highest BCUT2D eigenvalue weighted by molar-refractivity contribution is 6.12. The maximum atomic E-state index is 11.1. The van der Waals surface area contributed by atoms with Gasteiger partial charge in [-0.25, -0.2) is 5.43 Å². The second-order valence-corrected chi connectivity index (χ2v) is 4.87. The quantitative estimate of drug-likeness (QED) is 0.420. The molecule has 9 nitrogen and oxygen atoms in total. The first-order chi connectivity index (χ1) is 12.1. The van der Waals surface area contributed by atoms with E-state index in [1.807, 2.05) is 0 Å². The zero-order valence-corrected chi connectivity index (χ0v) is 12.9. The van der Waals surface area contributed by atoms with Crippen LogP contribution < -0.4 is 16.6 Å². The van der Waals surface area contributed by atoms with E-state index >= 15 is 0 Å². The largest absolute Gasteiger partial charge is 0.395 e. The Bertz CT molecular complexity index is 887. The average molecular weight is 332 g/mol. The molecule has 0 atom stereocenters. The smallest absolute Gasteiger partial charge is 0.240 e. The molecule has 0 aliphatic carbocycles. The Hall–Kier alpha value is -4.16. The minimum absolute atomic E-state index is 0.111. The van der Waals surface area contributed by atoms with Crippen LogP contribution in [0.25, 0.3) is 0 Å². The van der Waals surface area contributed by atoms with Crippen molar-refractivity contribution in [3.63, 3.8) is 0 Å². The molecule has 0 spiro atoms. The lowest BCUT2D eigenvalue weighted by molar-refractivity contribution is -0.121. The summed E-state index contributed by atoms with van der Waals surface area (Å²) in [5.74, 6) is -0.111. The van der Waals surface area contributed by atoms with Gasteiger partial charge in [0.25, 0.3) is 0 Å². The van der Waals surface area contributed by atoms with Crippen molar-refractivity contribution >= 4 is 23.0 Å². The standard InChI is InChI=1S/C16H12N8O/c17-7-11(8-18)16(20)14(9-19)23-21-12-3-1-10(2-4-12)13-5-6-15(25)24-22-13/h1-4,21H,5-6,20H2,(H,24,25). The molecule has 122 valence electrons. The Morgan fingerprint density at radius 3 is 2.36 bits per heavy atom. The molecule has 4 N–H and O–H groups in total. The normalized spacial score (nSPS) is 13.4. The van der Waals surface area contributed by atoms with E-state index in [9.17, 15) is 4.79 Å². The number of anilines is 1. The highest BCUT2D eigenvalue weighted by Gasteiger charge is 2.13. The van der Waals surface area contributed by atoms with Gasteiger partial charge < -0.3 is 5.73 Å². The molecule has 1 aromatic carbocycles. The molecule has 1 heterocycles. The van der Waals surface area contributed by atoms with Gasteiger partial charge in [0.1, 0.15) is 18.2 Å². The molecule has 1 aliphatic heterocycles. The van der Waals surface area contributed by atoms with Crippen molar-refractivity contribution in [1.82, 2.24) is 5.43 Å². The number of nitrogens with one attached hydrogen (secondary N) is 2. The summed E-state index contributed by atoms with van der Waals surface area (Å²) in [7, 11) is 0. The van der Waals surface area contributed by atoms with E-state index in [1.54, 1.807) is 42.5 Å². The van der Waals surface area contributed by atoms with E-state index in [4.69, 9.17) is 21.5 Å². The van der Waals surface area contributed by atoms with Gasteiger partial charge in [-0.2, -0.15) is 26.0 Å². The molecular formula is C16H12N8O. The highest BCUT2D eigenvalue weighted by atomic mass is 16.2. The fourth-order valence-electron chi connectivity index (χ4n) is 1.95. The topological polar surface area (TPSA) is 163 Å². The van der Waals surface area contributed by atoms with Crippen molar-refractivity contribution in [1.29, 1.82) is 15.8 Å². The van der Waals surface area contributed by atoms with E-state index in [0.29, 0.717) is 18.5 Å². The lowest BCUT2D eigenvalue weighted by Gasteiger charge is -2.12. The van der Waals surface area contributed by atoms with E-state index in [1.165, 1.54) is 0 Å². The van der Waals surface area contributed by atoms with Gasteiger partial charge in [-0.1, -0.05) is 12.1 Å². The molecule has 0 bridgehead atoms. The molecule has 0 unspecified atom stereocenters. The summed E-state index contributed by atoms with van der Waals surface area (Å²) in [6, 6.07) is 11.9. The predicted molar refractivity (Wildman–Crippen MR) is 89.5 cm³/mol. The van der Waals surface area contributed by atoms with Gasteiger partial charge in [0.05, 0.1) is 17.1 Å². The molecular weight excluding hydrogens is 320 g/mol. The SMILES string of the molecule is N#CC(=NNc1ccc(C2=NNC(=O)CC2)cc1)C(N)=C(C#N)C#N. The first-order valence-corrected chi connectivity index (χ1v) is 7.09. The Morgan fingerprint density at radius 2 is 1.84 bits per heavy atom. The number of benzene rings is 1. The first-order valence-electron chi connectivity index (χ1n) is 7.09. The Kier molecular flexibility index (Phi) is 5.44. The summed E-state index contributed by atoms with van der Waals surface area (Å²) >= 11 is 0. The number of hydrogen-bond acceptors (Lipinski definition) is 8. The zero-order chi connectivity index (χ0) is 18.2. The van der Waals surface area contributed by atoms with Crippen LogP contribution in [0.4, 0.5) is 5.69 Å². The number of allylic oxidation sites excluding steroid dienone is 2. The van der Waals surface area contributed by atoms with Crippen LogP contribution in [0.1, 0.15) is 18.4 Å². The molecule has 25 heavy (non-hydrogen) atoms. The lowest BCUT2D eigenvalue weighted by Crippen LogP contribution is -2.25. The van der Waals surface area contributed by atoms with Crippen molar-refractivity contribution in [3.8, 4) is 18.2 Å². The monoisotopic (exact) mass is 332 g/mol. The minimum Gasteiger partial charge on any atom is -0.395 e. The molecule has 1 aliphatic rings. The molecule has 0 saturated carbocycles. The van der Waals surface area contributed by atoms with Crippen LogP contribution in [0.3, 0.4) is 0 Å². The number of carbonyl (C=O) groups is 1. The third kappa shape index (κ3) is 4.19. The summed E-state index contributed by atoms with van der Waals surface area (Å²) in [5, 5.41) is 34.4. The van der Waals surface area contributed by atoms with Gasteiger partial charge in [0, 0.05) is 12.8 Å². The highest BCUT2D eigenvalue weighted by Crippen LogP contribution is 2.14. The second kappa shape index (κ2) is 7.91. The average Bonchev–Trinajstić information content (AvgIpc) is 2.64. The molecule has 0 fully saturated rings. The summed E-state index contributed by atoms with van der Waals surface area (Å²) in [4.78, 5) is 11.1. The molecule has 2 rings (SSSR count). The Morgan fingerprint density at radius 1 is 1.16 bits per heavy atom. The number of nitrogens with two attached hydrogens (primary N) is 1. The van der Waals surface area contributed by atoms with Crippen molar-refractivity contribution in [2.75, 3.05) is 5.43 Å². The van der Waals surface area contributed by atoms with E-state index < -0.39 is 0 Å².